The number of thiophene rings is 1. The zero-order valence-corrected chi connectivity index (χ0v) is 19.0. The highest BCUT2D eigenvalue weighted by Crippen LogP contribution is 2.29. The first kappa shape index (κ1) is 20.8. The number of hydrogen-bond acceptors (Lipinski definition) is 5. The molecule has 8 heteroatoms. The Bertz CT molecular complexity index is 1130. The van der Waals surface area contributed by atoms with Gasteiger partial charge >= 0.3 is 0 Å². The monoisotopic (exact) mass is 427 g/mol. The number of amides is 1. The summed E-state index contributed by atoms with van der Waals surface area (Å²) in [6, 6.07) is 0.0762. The molecule has 0 radical (unpaired) electrons. The van der Waals surface area contributed by atoms with Gasteiger partial charge < -0.3 is 4.90 Å². The van der Waals surface area contributed by atoms with Gasteiger partial charge in [-0.3, -0.25) is 18.8 Å². The van der Waals surface area contributed by atoms with Crippen LogP contribution < -0.4 is 5.56 Å². The molecule has 3 aromatic rings. The van der Waals surface area contributed by atoms with E-state index in [1.807, 2.05) is 22.7 Å². The zero-order chi connectivity index (χ0) is 21.4. The number of piperidine rings is 1. The van der Waals surface area contributed by atoms with Crippen LogP contribution in [-0.2, 0) is 13.0 Å². The normalized spacial score (nSPS) is 15.3. The summed E-state index contributed by atoms with van der Waals surface area (Å²) in [5.41, 5.74) is 2.64. The molecule has 0 aliphatic carbocycles. The van der Waals surface area contributed by atoms with E-state index in [1.165, 1.54) is 4.88 Å². The van der Waals surface area contributed by atoms with Gasteiger partial charge in [0.15, 0.2) is 0 Å². The molecule has 1 aliphatic rings. The quantitative estimate of drug-likeness (QED) is 0.622. The minimum absolute atomic E-state index is 0.0379. The summed E-state index contributed by atoms with van der Waals surface area (Å²) in [4.78, 5) is 34.7. The smallest absolute Gasteiger partial charge is 0.262 e. The Hall–Kier alpha value is -2.48. The average Bonchev–Trinajstić information content (AvgIpc) is 3.27. The van der Waals surface area contributed by atoms with Crippen molar-refractivity contribution in [3.8, 4) is 0 Å². The number of hydrogen-bond donors (Lipinski definition) is 0. The van der Waals surface area contributed by atoms with Gasteiger partial charge in [0.25, 0.3) is 11.5 Å². The third-order valence-corrected chi connectivity index (χ3v) is 7.12. The highest BCUT2D eigenvalue weighted by molar-refractivity contribution is 7.18. The van der Waals surface area contributed by atoms with Crippen LogP contribution in [0.5, 0.6) is 0 Å². The van der Waals surface area contributed by atoms with Gasteiger partial charge in [0.05, 0.1) is 23.0 Å². The Morgan fingerprint density at radius 2 is 1.97 bits per heavy atom. The molecule has 1 saturated heterocycles. The first-order valence-corrected chi connectivity index (χ1v) is 11.6. The van der Waals surface area contributed by atoms with Crippen molar-refractivity contribution in [2.45, 2.75) is 66.0 Å². The van der Waals surface area contributed by atoms with Crippen molar-refractivity contribution in [1.29, 1.82) is 0 Å². The Morgan fingerprint density at radius 1 is 1.23 bits per heavy atom. The van der Waals surface area contributed by atoms with Gasteiger partial charge in [-0.25, -0.2) is 4.98 Å². The topological polar surface area (TPSA) is 73.0 Å². The summed E-state index contributed by atoms with van der Waals surface area (Å²) in [6.45, 7) is 10.2. The lowest BCUT2D eigenvalue weighted by Gasteiger charge is -2.32. The van der Waals surface area contributed by atoms with Gasteiger partial charge in [-0.2, -0.15) is 5.10 Å². The second-order valence-electron chi connectivity index (χ2n) is 8.04. The molecular formula is C22H29N5O2S. The van der Waals surface area contributed by atoms with Gasteiger partial charge in [0.1, 0.15) is 4.83 Å². The van der Waals surface area contributed by atoms with Crippen molar-refractivity contribution < 1.29 is 4.79 Å². The third kappa shape index (κ3) is 3.57. The molecule has 160 valence electrons. The SMILES string of the molecule is CCCn1cc(C(=O)N2CCC(n3cnc4sc(C)c(CC)c4c3=O)CC2)c(C)n1. The minimum Gasteiger partial charge on any atom is -0.338 e. The van der Waals surface area contributed by atoms with Crippen molar-refractivity contribution >= 4 is 27.5 Å². The molecule has 1 amide bonds. The van der Waals surface area contributed by atoms with E-state index in [1.54, 1.807) is 22.2 Å². The fourth-order valence-corrected chi connectivity index (χ4v) is 5.52. The average molecular weight is 428 g/mol. The summed E-state index contributed by atoms with van der Waals surface area (Å²) >= 11 is 1.60. The van der Waals surface area contributed by atoms with Gasteiger partial charge in [0, 0.05) is 36.8 Å². The van der Waals surface area contributed by atoms with Crippen LogP contribution in [0.15, 0.2) is 17.3 Å². The van der Waals surface area contributed by atoms with Crippen molar-refractivity contribution in [3.63, 3.8) is 0 Å². The van der Waals surface area contributed by atoms with E-state index in [0.717, 1.165) is 53.7 Å². The third-order valence-electron chi connectivity index (χ3n) is 6.07. The van der Waals surface area contributed by atoms with Gasteiger partial charge in [-0.05, 0) is 45.1 Å². The Kier molecular flexibility index (Phi) is 5.77. The minimum atomic E-state index is 0.0379. The van der Waals surface area contributed by atoms with E-state index < -0.39 is 0 Å². The Morgan fingerprint density at radius 3 is 2.63 bits per heavy atom. The van der Waals surface area contributed by atoms with E-state index in [4.69, 9.17) is 0 Å². The van der Waals surface area contributed by atoms with Gasteiger partial charge in [0.2, 0.25) is 0 Å². The second kappa shape index (κ2) is 8.34. The molecule has 3 aromatic heterocycles. The molecule has 4 rings (SSSR count). The van der Waals surface area contributed by atoms with Crippen molar-refractivity contribution in [1.82, 2.24) is 24.2 Å². The Labute approximate surface area is 180 Å². The fourth-order valence-electron chi connectivity index (χ4n) is 4.45. The molecule has 0 saturated carbocycles. The summed E-state index contributed by atoms with van der Waals surface area (Å²) in [6.07, 6.45) is 6.89. The fraction of sp³-hybridized carbons (Fsp3) is 0.545. The maximum atomic E-state index is 13.2. The molecule has 0 N–H and O–H groups in total. The highest BCUT2D eigenvalue weighted by Gasteiger charge is 2.28. The highest BCUT2D eigenvalue weighted by atomic mass is 32.1. The zero-order valence-electron chi connectivity index (χ0n) is 18.1. The van der Waals surface area contributed by atoms with Crippen molar-refractivity contribution in [2.24, 2.45) is 0 Å². The first-order valence-electron chi connectivity index (χ1n) is 10.8. The maximum absolute atomic E-state index is 13.2. The maximum Gasteiger partial charge on any atom is 0.262 e. The number of nitrogens with zero attached hydrogens (tertiary/aromatic N) is 5. The number of aromatic nitrogens is 4. The second-order valence-corrected chi connectivity index (χ2v) is 9.25. The molecular weight excluding hydrogens is 398 g/mol. The van der Waals surface area contributed by atoms with Crippen LogP contribution in [0.2, 0.25) is 0 Å². The lowest BCUT2D eigenvalue weighted by atomic mass is 10.0. The predicted molar refractivity (Wildman–Crippen MR) is 119 cm³/mol. The molecule has 1 fully saturated rings. The predicted octanol–water partition coefficient (Wildman–Crippen LogP) is 3.72. The van der Waals surface area contributed by atoms with Gasteiger partial charge in [-0.15, -0.1) is 11.3 Å². The molecule has 0 aromatic carbocycles. The van der Waals surface area contributed by atoms with Crippen LogP contribution >= 0.6 is 11.3 Å². The van der Waals surface area contributed by atoms with E-state index in [-0.39, 0.29) is 17.5 Å². The largest absolute Gasteiger partial charge is 0.338 e. The number of carbonyl (C=O) groups is 1. The summed E-state index contributed by atoms with van der Waals surface area (Å²) < 4.78 is 3.64. The van der Waals surface area contributed by atoms with E-state index in [0.29, 0.717) is 18.7 Å². The van der Waals surface area contributed by atoms with E-state index in [2.05, 4.69) is 30.9 Å². The standard InChI is InChI=1S/C22H29N5O2S/c1-5-9-26-12-18(14(3)24-26)21(28)25-10-7-16(8-11-25)27-13-23-20-19(22(27)29)17(6-2)15(4)30-20/h12-13,16H,5-11H2,1-4H3. The van der Waals surface area contributed by atoms with Crippen LogP contribution in [0.3, 0.4) is 0 Å². The number of aryl methyl sites for hydroxylation is 4. The van der Waals surface area contributed by atoms with E-state index >= 15 is 0 Å². The lowest BCUT2D eigenvalue weighted by Crippen LogP contribution is -2.41. The van der Waals surface area contributed by atoms with Crippen LogP contribution in [0, 0.1) is 13.8 Å². The number of carbonyl (C=O) groups excluding carboxylic acids is 1. The molecule has 7 nitrogen and oxygen atoms in total. The molecule has 30 heavy (non-hydrogen) atoms. The number of rotatable bonds is 5. The van der Waals surface area contributed by atoms with Crippen molar-refractivity contribution in [3.05, 3.63) is 44.6 Å². The summed E-state index contributed by atoms with van der Waals surface area (Å²) in [7, 11) is 0. The molecule has 4 heterocycles. The number of likely N-dealkylation sites (tertiary alicyclic amines) is 1. The molecule has 0 spiro atoms. The molecule has 0 atom stereocenters. The lowest BCUT2D eigenvalue weighted by molar-refractivity contribution is 0.0692. The molecule has 1 aliphatic heterocycles. The molecule has 0 unspecified atom stereocenters. The van der Waals surface area contributed by atoms with E-state index in [9.17, 15) is 9.59 Å². The van der Waals surface area contributed by atoms with Crippen molar-refractivity contribution in [2.75, 3.05) is 13.1 Å². The first-order chi connectivity index (χ1) is 14.4. The number of fused-ring (bicyclic) bond motifs is 1. The van der Waals surface area contributed by atoms with Gasteiger partial charge in [-0.1, -0.05) is 13.8 Å². The summed E-state index contributed by atoms with van der Waals surface area (Å²) in [5, 5.41) is 5.23. The van der Waals surface area contributed by atoms with Crippen LogP contribution in [0.1, 0.15) is 65.6 Å². The van der Waals surface area contributed by atoms with Crippen LogP contribution in [0.4, 0.5) is 0 Å². The molecule has 0 bridgehead atoms. The van der Waals surface area contributed by atoms with Crippen LogP contribution in [0.25, 0.3) is 10.2 Å². The van der Waals surface area contributed by atoms with Crippen LogP contribution in [-0.4, -0.2) is 43.2 Å². The summed E-state index contributed by atoms with van der Waals surface area (Å²) in [5.74, 6) is 0.0379. The Balaban J connectivity index is 1.52.